The lowest BCUT2D eigenvalue weighted by molar-refractivity contribution is 0.336. The van der Waals surface area contributed by atoms with Crippen molar-refractivity contribution < 1.29 is 0 Å². The fraction of sp³-hybridized carbons (Fsp3) is 0.250. The molecular formula is C16H15BrIN3. The largest absolute Gasteiger partial charge is 0.278 e. The summed E-state index contributed by atoms with van der Waals surface area (Å²) in [7, 11) is 0. The van der Waals surface area contributed by atoms with Crippen molar-refractivity contribution >= 4 is 44.2 Å². The molecule has 1 aliphatic heterocycles. The lowest BCUT2D eigenvalue weighted by Crippen LogP contribution is -2.09. The second-order valence-corrected chi connectivity index (χ2v) is 6.98. The van der Waals surface area contributed by atoms with E-state index in [4.69, 9.17) is 0 Å². The predicted octanol–water partition coefficient (Wildman–Crippen LogP) is 5.82. The maximum atomic E-state index is 4.51. The van der Waals surface area contributed by atoms with Gasteiger partial charge in [-0.15, -0.1) is 5.11 Å². The van der Waals surface area contributed by atoms with Crippen LogP contribution in [0.3, 0.4) is 0 Å². The monoisotopic (exact) mass is 455 g/mol. The van der Waals surface area contributed by atoms with Gasteiger partial charge in [0.25, 0.3) is 0 Å². The van der Waals surface area contributed by atoms with E-state index in [1.807, 2.05) is 17.1 Å². The Morgan fingerprint density at radius 3 is 2.43 bits per heavy atom. The van der Waals surface area contributed by atoms with E-state index in [1.165, 1.54) is 22.0 Å². The van der Waals surface area contributed by atoms with Crippen LogP contribution in [0.4, 0.5) is 5.69 Å². The number of nitrogens with zero attached hydrogens (tertiary/aromatic N) is 3. The van der Waals surface area contributed by atoms with Crippen LogP contribution in [-0.4, -0.2) is 18.1 Å². The normalized spacial score (nSPS) is 15.0. The second-order valence-electron chi connectivity index (χ2n) is 4.97. The Morgan fingerprint density at radius 1 is 0.952 bits per heavy atom. The summed E-state index contributed by atoms with van der Waals surface area (Å²) < 4.78 is 2.19. The minimum atomic E-state index is 0.897. The van der Waals surface area contributed by atoms with Gasteiger partial charge in [0, 0.05) is 26.7 Å². The van der Waals surface area contributed by atoms with Crippen molar-refractivity contribution in [1.29, 1.82) is 0 Å². The smallest absolute Gasteiger partial charge is 0.109 e. The van der Waals surface area contributed by atoms with Crippen LogP contribution in [0.15, 0.2) is 57.3 Å². The van der Waals surface area contributed by atoms with Gasteiger partial charge in [-0.25, -0.2) is 0 Å². The summed E-state index contributed by atoms with van der Waals surface area (Å²) in [5.74, 6) is 0. The molecule has 0 bridgehead atoms. The Balaban J connectivity index is 2.01. The minimum absolute atomic E-state index is 0.897. The first-order valence-electron chi connectivity index (χ1n) is 6.96. The molecule has 3 nitrogen and oxygen atoms in total. The van der Waals surface area contributed by atoms with Gasteiger partial charge in [-0.2, -0.15) is 0 Å². The maximum Gasteiger partial charge on any atom is 0.109 e. The molecule has 0 aliphatic carbocycles. The quantitative estimate of drug-likeness (QED) is 0.423. The third-order valence-corrected chi connectivity index (χ3v) is 5.09. The van der Waals surface area contributed by atoms with E-state index >= 15 is 0 Å². The molecular weight excluding hydrogens is 441 g/mol. The van der Waals surface area contributed by atoms with Crippen LogP contribution in [0.2, 0.25) is 0 Å². The Morgan fingerprint density at radius 2 is 1.67 bits per heavy atom. The molecule has 0 atom stereocenters. The summed E-state index contributed by atoms with van der Waals surface area (Å²) in [5.41, 5.74) is 3.20. The molecule has 0 saturated carbocycles. The summed E-state index contributed by atoms with van der Waals surface area (Å²) in [6.07, 6.45) is 2.41. The van der Waals surface area contributed by atoms with Crippen LogP contribution in [0.1, 0.15) is 12.8 Å². The van der Waals surface area contributed by atoms with Gasteiger partial charge in [0.15, 0.2) is 0 Å². The first-order valence-corrected chi connectivity index (χ1v) is 8.83. The average molecular weight is 456 g/mol. The predicted molar refractivity (Wildman–Crippen MR) is 97.6 cm³/mol. The molecule has 108 valence electrons. The van der Waals surface area contributed by atoms with E-state index in [1.54, 1.807) is 0 Å². The zero-order valence-corrected chi connectivity index (χ0v) is 15.2. The molecule has 1 saturated heterocycles. The Labute approximate surface area is 146 Å². The van der Waals surface area contributed by atoms with Crippen LogP contribution in [-0.2, 0) is 0 Å². The van der Waals surface area contributed by atoms with Gasteiger partial charge >= 0.3 is 0 Å². The van der Waals surface area contributed by atoms with E-state index in [0.717, 1.165) is 28.8 Å². The second kappa shape index (κ2) is 6.87. The van der Waals surface area contributed by atoms with Crippen molar-refractivity contribution in [3.63, 3.8) is 0 Å². The lowest BCUT2D eigenvalue weighted by Gasteiger charge is -2.11. The van der Waals surface area contributed by atoms with E-state index in [0.29, 0.717) is 0 Å². The Bertz CT molecular complexity index is 666. The number of halogens is 2. The highest BCUT2D eigenvalue weighted by Crippen LogP contribution is 2.38. The molecule has 0 radical (unpaired) electrons. The van der Waals surface area contributed by atoms with E-state index in [9.17, 15) is 0 Å². The highest BCUT2D eigenvalue weighted by molar-refractivity contribution is 14.1. The van der Waals surface area contributed by atoms with E-state index in [-0.39, 0.29) is 0 Å². The molecule has 0 N–H and O–H groups in total. The maximum absolute atomic E-state index is 4.51. The number of hydrogen-bond donors (Lipinski definition) is 0. The Hall–Kier alpha value is -0.950. The summed E-state index contributed by atoms with van der Waals surface area (Å²) in [6, 6.07) is 14.5. The van der Waals surface area contributed by atoms with Crippen molar-refractivity contribution in [3.8, 4) is 11.1 Å². The van der Waals surface area contributed by atoms with Gasteiger partial charge in [0.05, 0.1) is 0 Å². The standard InChI is InChI=1S/C16H15BrIN3/c17-14-8-5-7-13(12-6-1-2-9-15(12)18)16(14)19-20-21-10-3-4-11-21/h1-2,5-9H,3-4,10-11H2. The molecule has 21 heavy (non-hydrogen) atoms. The molecule has 0 amide bonds. The van der Waals surface area contributed by atoms with Crippen LogP contribution in [0.5, 0.6) is 0 Å². The van der Waals surface area contributed by atoms with Crippen molar-refractivity contribution in [3.05, 3.63) is 50.5 Å². The first-order chi connectivity index (χ1) is 10.3. The highest BCUT2D eigenvalue weighted by atomic mass is 127. The molecule has 2 aromatic rings. The average Bonchev–Trinajstić information content (AvgIpc) is 3.00. The molecule has 0 aromatic heterocycles. The molecule has 0 unspecified atom stereocenters. The summed E-state index contributed by atoms with van der Waals surface area (Å²) in [5, 5.41) is 10.9. The summed E-state index contributed by atoms with van der Waals surface area (Å²) in [6.45, 7) is 2.01. The molecule has 1 fully saturated rings. The lowest BCUT2D eigenvalue weighted by atomic mass is 10.0. The molecule has 1 aliphatic rings. The first kappa shape index (κ1) is 15.0. The minimum Gasteiger partial charge on any atom is -0.278 e. The van der Waals surface area contributed by atoms with E-state index in [2.05, 4.69) is 79.2 Å². The fourth-order valence-electron chi connectivity index (χ4n) is 2.41. The SMILES string of the molecule is Brc1cccc(-c2ccccc2I)c1N=NN1CCCC1. The van der Waals surface area contributed by atoms with Gasteiger partial charge in [-0.1, -0.05) is 35.6 Å². The number of rotatable bonds is 3. The zero-order valence-electron chi connectivity index (χ0n) is 11.5. The third-order valence-electron chi connectivity index (χ3n) is 3.50. The highest BCUT2D eigenvalue weighted by Gasteiger charge is 2.13. The third kappa shape index (κ3) is 3.45. The van der Waals surface area contributed by atoms with Crippen molar-refractivity contribution in [1.82, 2.24) is 5.01 Å². The van der Waals surface area contributed by atoms with Crippen molar-refractivity contribution in [2.75, 3.05) is 13.1 Å². The van der Waals surface area contributed by atoms with Crippen LogP contribution in [0.25, 0.3) is 11.1 Å². The van der Waals surface area contributed by atoms with Crippen LogP contribution in [0, 0.1) is 3.57 Å². The molecule has 3 rings (SSSR count). The molecule has 1 heterocycles. The molecule has 0 spiro atoms. The topological polar surface area (TPSA) is 28.0 Å². The van der Waals surface area contributed by atoms with Crippen LogP contribution >= 0.6 is 38.5 Å². The van der Waals surface area contributed by atoms with Gasteiger partial charge < -0.3 is 0 Å². The summed E-state index contributed by atoms with van der Waals surface area (Å²) in [4.78, 5) is 0. The Kier molecular flexibility index (Phi) is 4.90. The zero-order chi connectivity index (χ0) is 14.7. The van der Waals surface area contributed by atoms with Crippen molar-refractivity contribution in [2.24, 2.45) is 10.3 Å². The summed E-state index contributed by atoms with van der Waals surface area (Å²) >= 11 is 5.96. The van der Waals surface area contributed by atoms with Gasteiger partial charge in [-0.3, -0.25) is 5.01 Å². The molecule has 5 heteroatoms. The number of hydrogen-bond acceptors (Lipinski definition) is 2. The van der Waals surface area contributed by atoms with Gasteiger partial charge in [-0.05, 0) is 69.1 Å². The van der Waals surface area contributed by atoms with E-state index < -0.39 is 0 Å². The van der Waals surface area contributed by atoms with Gasteiger partial charge in [0.1, 0.15) is 5.69 Å². The fourth-order valence-corrected chi connectivity index (χ4v) is 3.54. The van der Waals surface area contributed by atoms with Crippen molar-refractivity contribution in [2.45, 2.75) is 12.8 Å². The molecule has 2 aromatic carbocycles. The van der Waals surface area contributed by atoms with Crippen LogP contribution < -0.4 is 0 Å². The van der Waals surface area contributed by atoms with Gasteiger partial charge in [0.2, 0.25) is 0 Å². The number of benzene rings is 2.